The van der Waals surface area contributed by atoms with Gasteiger partial charge in [0, 0.05) is 12.1 Å². The lowest BCUT2D eigenvalue weighted by atomic mass is 9.49. The minimum Gasteiger partial charge on any atom is -0.497 e. The van der Waals surface area contributed by atoms with E-state index in [1.807, 2.05) is 42.5 Å². The van der Waals surface area contributed by atoms with Crippen LogP contribution in [0.5, 0.6) is 5.75 Å². The van der Waals surface area contributed by atoms with Gasteiger partial charge in [-0.1, -0.05) is 0 Å². The SMILES string of the molecule is COc1ccc(-n2nc3ccc(NC(=S)NC(=O)CC45CC6CC(CC(C6)C4)C5)cc3n2)cc1. The largest absolute Gasteiger partial charge is 0.497 e. The zero-order valence-electron chi connectivity index (χ0n) is 19.3. The summed E-state index contributed by atoms with van der Waals surface area (Å²) in [5.74, 6) is 3.32. The number of amides is 1. The van der Waals surface area contributed by atoms with Crippen LogP contribution in [0.4, 0.5) is 5.69 Å². The summed E-state index contributed by atoms with van der Waals surface area (Å²) in [5, 5.41) is 15.5. The second kappa shape index (κ2) is 8.34. The molecule has 4 bridgehead atoms. The van der Waals surface area contributed by atoms with Crippen LogP contribution < -0.4 is 15.4 Å². The summed E-state index contributed by atoms with van der Waals surface area (Å²) in [6, 6.07) is 13.2. The first-order valence-corrected chi connectivity index (χ1v) is 12.5. The molecule has 4 saturated carbocycles. The summed E-state index contributed by atoms with van der Waals surface area (Å²) in [6.07, 6.45) is 8.38. The molecule has 0 unspecified atom stereocenters. The van der Waals surface area contributed by atoms with Crippen LogP contribution in [-0.4, -0.2) is 33.1 Å². The zero-order valence-corrected chi connectivity index (χ0v) is 20.1. The topological polar surface area (TPSA) is 81.1 Å². The van der Waals surface area contributed by atoms with Crippen molar-refractivity contribution in [2.45, 2.75) is 44.9 Å². The second-order valence-corrected chi connectivity index (χ2v) is 10.9. The zero-order chi connectivity index (χ0) is 23.3. The number of hydrogen-bond acceptors (Lipinski definition) is 5. The molecule has 176 valence electrons. The number of nitrogens with zero attached hydrogens (tertiary/aromatic N) is 3. The molecule has 7 nitrogen and oxygen atoms in total. The third-order valence-corrected chi connectivity index (χ3v) is 8.10. The number of aromatic nitrogens is 3. The molecule has 0 spiro atoms. The Bertz CT molecular complexity index is 1220. The van der Waals surface area contributed by atoms with Gasteiger partial charge in [0.1, 0.15) is 16.8 Å². The molecule has 7 rings (SSSR count). The molecule has 0 aliphatic heterocycles. The lowest BCUT2D eigenvalue weighted by Crippen LogP contribution is -2.48. The minimum atomic E-state index is 0.0333. The predicted octanol–water partition coefficient (Wildman–Crippen LogP) is 4.85. The maximum Gasteiger partial charge on any atom is 0.226 e. The molecule has 4 aliphatic rings. The predicted molar refractivity (Wildman–Crippen MR) is 135 cm³/mol. The standard InChI is InChI=1S/C26H29N5O2S/c1-33-21-5-3-20(4-6-21)31-29-22-7-2-19(11-23(22)30-31)27-25(34)28-24(32)15-26-12-16-8-17(13-26)10-18(9-16)14-26/h2-7,11,16-18H,8-10,12-15H2,1H3,(H2,27,28,32,34). The van der Waals surface area contributed by atoms with Gasteiger partial charge in [0.25, 0.3) is 0 Å². The Morgan fingerprint density at radius 1 is 1.03 bits per heavy atom. The Kier molecular flexibility index (Phi) is 5.28. The molecule has 0 atom stereocenters. The van der Waals surface area contributed by atoms with Crippen molar-refractivity contribution < 1.29 is 9.53 Å². The van der Waals surface area contributed by atoms with Crippen LogP contribution in [0.1, 0.15) is 44.9 Å². The van der Waals surface area contributed by atoms with Gasteiger partial charge in [0.05, 0.1) is 12.8 Å². The molecule has 8 heteroatoms. The Balaban J connectivity index is 1.10. The fourth-order valence-electron chi connectivity index (χ4n) is 7.00. The van der Waals surface area contributed by atoms with Crippen LogP contribution in [0.25, 0.3) is 16.7 Å². The maximum absolute atomic E-state index is 12.9. The van der Waals surface area contributed by atoms with Crippen LogP contribution in [0.3, 0.4) is 0 Å². The quantitative estimate of drug-likeness (QED) is 0.514. The van der Waals surface area contributed by atoms with E-state index in [1.54, 1.807) is 11.9 Å². The molecular formula is C26H29N5O2S. The summed E-state index contributed by atoms with van der Waals surface area (Å²) in [5.41, 5.74) is 3.34. The smallest absolute Gasteiger partial charge is 0.226 e. The molecule has 1 heterocycles. The van der Waals surface area contributed by atoms with Crippen molar-refractivity contribution >= 4 is 40.0 Å². The molecule has 34 heavy (non-hydrogen) atoms. The average Bonchev–Trinajstić information content (AvgIpc) is 3.21. The lowest BCUT2D eigenvalue weighted by molar-refractivity contribution is -0.127. The number of fused-ring (bicyclic) bond motifs is 1. The fourth-order valence-corrected chi connectivity index (χ4v) is 7.24. The normalized spacial score (nSPS) is 27.0. The van der Waals surface area contributed by atoms with Gasteiger partial charge in [-0.25, -0.2) is 0 Å². The van der Waals surface area contributed by atoms with Crippen LogP contribution in [0.2, 0.25) is 0 Å². The molecule has 0 radical (unpaired) electrons. The molecular weight excluding hydrogens is 446 g/mol. The number of anilines is 1. The Hall–Kier alpha value is -3.00. The number of rotatable bonds is 5. The molecule has 1 aromatic heterocycles. The lowest BCUT2D eigenvalue weighted by Gasteiger charge is -2.56. The highest BCUT2D eigenvalue weighted by Gasteiger charge is 2.51. The van der Waals surface area contributed by atoms with E-state index >= 15 is 0 Å². The molecule has 1 amide bonds. The van der Waals surface area contributed by atoms with Gasteiger partial charge in [0.2, 0.25) is 5.91 Å². The van der Waals surface area contributed by atoms with Gasteiger partial charge in [-0.3, -0.25) is 4.79 Å². The molecule has 4 fully saturated rings. The van der Waals surface area contributed by atoms with Crippen molar-refractivity contribution in [2.75, 3.05) is 12.4 Å². The van der Waals surface area contributed by atoms with Gasteiger partial charge >= 0.3 is 0 Å². The number of thiocarbonyl (C=S) groups is 1. The highest BCUT2D eigenvalue weighted by molar-refractivity contribution is 7.80. The van der Waals surface area contributed by atoms with Crippen molar-refractivity contribution in [3.05, 3.63) is 42.5 Å². The van der Waals surface area contributed by atoms with E-state index in [0.717, 1.165) is 45.9 Å². The number of carbonyl (C=O) groups is 1. The second-order valence-electron chi connectivity index (χ2n) is 10.5. The van der Waals surface area contributed by atoms with Crippen molar-refractivity contribution in [2.24, 2.45) is 23.2 Å². The van der Waals surface area contributed by atoms with Crippen LogP contribution in [-0.2, 0) is 4.79 Å². The van der Waals surface area contributed by atoms with Crippen molar-refractivity contribution in [3.8, 4) is 11.4 Å². The Labute approximate surface area is 204 Å². The van der Waals surface area contributed by atoms with Gasteiger partial charge in [-0.15, -0.1) is 10.2 Å². The van der Waals surface area contributed by atoms with E-state index in [0.29, 0.717) is 11.5 Å². The summed E-state index contributed by atoms with van der Waals surface area (Å²) in [4.78, 5) is 14.5. The molecule has 2 N–H and O–H groups in total. The van der Waals surface area contributed by atoms with Crippen LogP contribution >= 0.6 is 12.2 Å². The van der Waals surface area contributed by atoms with Gasteiger partial charge < -0.3 is 15.4 Å². The molecule has 2 aromatic carbocycles. The van der Waals surface area contributed by atoms with Crippen molar-refractivity contribution in [3.63, 3.8) is 0 Å². The fraction of sp³-hybridized carbons (Fsp3) is 0.462. The first kappa shape index (κ1) is 21.5. The van der Waals surface area contributed by atoms with E-state index in [1.165, 1.54) is 38.5 Å². The van der Waals surface area contributed by atoms with E-state index in [2.05, 4.69) is 20.8 Å². The number of hydrogen-bond donors (Lipinski definition) is 2. The first-order valence-electron chi connectivity index (χ1n) is 12.1. The van der Waals surface area contributed by atoms with Gasteiger partial charge in [-0.05, 0) is 116 Å². The third kappa shape index (κ3) is 4.15. The highest BCUT2D eigenvalue weighted by Crippen LogP contribution is 2.61. The average molecular weight is 476 g/mol. The molecule has 3 aromatic rings. The third-order valence-electron chi connectivity index (χ3n) is 7.90. The van der Waals surface area contributed by atoms with E-state index < -0.39 is 0 Å². The maximum atomic E-state index is 12.9. The summed E-state index contributed by atoms with van der Waals surface area (Å²) < 4.78 is 5.21. The molecule has 0 saturated heterocycles. The molecule has 4 aliphatic carbocycles. The monoisotopic (exact) mass is 475 g/mol. The summed E-state index contributed by atoms with van der Waals surface area (Å²) in [7, 11) is 1.64. The number of methoxy groups -OCH3 is 1. The highest BCUT2D eigenvalue weighted by atomic mass is 32.1. The Morgan fingerprint density at radius 3 is 2.32 bits per heavy atom. The van der Waals surface area contributed by atoms with Gasteiger partial charge in [-0.2, -0.15) is 4.80 Å². The van der Waals surface area contributed by atoms with Crippen LogP contribution in [0.15, 0.2) is 42.5 Å². The van der Waals surface area contributed by atoms with Crippen molar-refractivity contribution in [1.29, 1.82) is 0 Å². The number of ether oxygens (including phenoxy) is 1. The van der Waals surface area contributed by atoms with Gasteiger partial charge in [0.15, 0.2) is 5.11 Å². The Morgan fingerprint density at radius 2 is 1.68 bits per heavy atom. The number of carbonyl (C=O) groups excluding carboxylic acids is 1. The van der Waals surface area contributed by atoms with Crippen molar-refractivity contribution in [1.82, 2.24) is 20.3 Å². The minimum absolute atomic E-state index is 0.0333. The van der Waals surface area contributed by atoms with Crippen LogP contribution in [0, 0.1) is 23.2 Å². The number of nitrogens with one attached hydrogen (secondary N) is 2. The van der Waals surface area contributed by atoms with E-state index in [4.69, 9.17) is 17.0 Å². The summed E-state index contributed by atoms with van der Waals surface area (Å²) >= 11 is 5.45. The number of benzene rings is 2. The summed E-state index contributed by atoms with van der Waals surface area (Å²) in [6.45, 7) is 0. The van der Waals surface area contributed by atoms with E-state index in [9.17, 15) is 4.79 Å². The van der Waals surface area contributed by atoms with E-state index in [-0.39, 0.29) is 11.3 Å². The first-order chi connectivity index (χ1) is 16.5.